The van der Waals surface area contributed by atoms with Crippen molar-refractivity contribution in [2.24, 2.45) is 0 Å². The fourth-order valence-corrected chi connectivity index (χ4v) is 1.58. The van der Waals surface area contributed by atoms with Gasteiger partial charge < -0.3 is 10.2 Å². The van der Waals surface area contributed by atoms with Crippen molar-refractivity contribution in [2.45, 2.75) is 18.6 Å². The van der Waals surface area contributed by atoms with Gasteiger partial charge in [-0.15, -0.1) is 0 Å². The summed E-state index contributed by atoms with van der Waals surface area (Å²) in [5, 5.41) is 28.0. The average Bonchev–Trinajstić information content (AvgIpc) is 2.21. The summed E-state index contributed by atoms with van der Waals surface area (Å²) in [6, 6.07) is 6.52. The monoisotopic (exact) mass is 245 g/mol. The lowest BCUT2D eigenvalue weighted by Gasteiger charge is -2.17. The summed E-state index contributed by atoms with van der Waals surface area (Å²) in [6.07, 6.45) is -2.52. The quantitative estimate of drug-likeness (QED) is 0.859. The molecule has 5 heteroatoms. The molecule has 80 valence electrons. The second-order valence-corrected chi connectivity index (χ2v) is 3.80. The normalized spacial score (nSPS) is 14.3. The van der Waals surface area contributed by atoms with Crippen molar-refractivity contribution < 1.29 is 10.2 Å². The fourth-order valence-electron chi connectivity index (χ4n) is 1.16. The van der Waals surface area contributed by atoms with Crippen LogP contribution in [0.3, 0.4) is 0 Å². The number of hydrogen-bond donors (Lipinski definition) is 2. The van der Waals surface area contributed by atoms with Gasteiger partial charge in [-0.25, -0.2) is 0 Å². The smallest absolute Gasteiger partial charge is 0.107 e. The van der Waals surface area contributed by atoms with Gasteiger partial charge in [0.05, 0.1) is 28.6 Å². The molecule has 15 heavy (non-hydrogen) atoms. The van der Waals surface area contributed by atoms with Gasteiger partial charge in [-0.2, -0.15) is 5.26 Å². The maximum atomic E-state index is 9.68. The van der Waals surface area contributed by atoms with Gasteiger partial charge in [-0.05, 0) is 6.07 Å². The van der Waals surface area contributed by atoms with Gasteiger partial charge in [-0.1, -0.05) is 35.3 Å². The third kappa shape index (κ3) is 2.83. The van der Waals surface area contributed by atoms with E-state index in [0.717, 1.165) is 0 Å². The van der Waals surface area contributed by atoms with E-state index in [9.17, 15) is 10.2 Å². The van der Waals surface area contributed by atoms with E-state index in [1.165, 1.54) is 0 Å². The van der Waals surface area contributed by atoms with Crippen LogP contribution in [0.5, 0.6) is 0 Å². The van der Waals surface area contributed by atoms with Crippen LogP contribution >= 0.6 is 23.2 Å². The summed E-state index contributed by atoms with van der Waals surface area (Å²) in [6.45, 7) is 0. The zero-order valence-electron chi connectivity index (χ0n) is 7.69. The molecule has 2 atom stereocenters. The fraction of sp³-hybridized carbons (Fsp3) is 0.300. The van der Waals surface area contributed by atoms with Gasteiger partial charge in [0.15, 0.2) is 0 Å². The maximum absolute atomic E-state index is 9.68. The van der Waals surface area contributed by atoms with Crippen molar-refractivity contribution >= 4 is 23.2 Å². The Labute approximate surface area is 97.5 Å². The van der Waals surface area contributed by atoms with E-state index in [4.69, 9.17) is 28.5 Å². The summed E-state index contributed by atoms with van der Waals surface area (Å²) in [5.41, 5.74) is 0.326. The highest BCUT2D eigenvalue weighted by Gasteiger charge is 2.21. The molecule has 0 aliphatic rings. The molecular weight excluding hydrogens is 237 g/mol. The van der Waals surface area contributed by atoms with Crippen LogP contribution in [-0.2, 0) is 0 Å². The number of nitrogens with zero attached hydrogens (tertiary/aromatic N) is 1. The van der Waals surface area contributed by atoms with Crippen LogP contribution in [0.4, 0.5) is 0 Å². The minimum absolute atomic E-state index is 0.163. The molecule has 0 saturated carbocycles. The molecule has 0 bridgehead atoms. The van der Waals surface area contributed by atoms with E-state index < -0.39 is 12.2 Å². The summed E-state index contributed by atoms with van der Waals surface area (Å²) >= 11 is 11.6. The molecule has 0 aromatic heterocycles. The van der Waals surface area contributed by atoms with Crippen LogP contribution in [0.15, 0.2) is 18.2 Å². The van der Waals surface area contributed by atoms with Gasteiger partial charge in [0.25, 0.3) is 0 Å². The van der Waals surface area contributed by atoms with Crippen LogP contribution in [-0.4, -0.2) is 16.3 Å². The summed E-state index contributed by atoms with van der Waals surface area (Å²) in [5.74, 6) is 0. The molecule has 1 aromatic rings. The Bertz CT molecular complexity index is 389. The zero-order chi connectivity index (χ0) is 11.4. The van der Waals surface area contributed by atoms with Crippen LogP contribution in [0, 0.1) is 11.3 Å². The Morgan fingerprint density at radius 3 is 2.60 bits per heavy atom. The lowest BCUT2D eigenvalue weighted by atomic mass is 10.0. The molecule has 0 spiro atoms. The second-order valence-electron chi connectivity index (χ2n) is 3.02. The summed E-state index contributed by atoms with van der Waals surface area (Å²) in [4.78, 5) is 0. The zero-order valence-corrected chi connectivity index (χ0v) is 9.20. The molecule has 0 saturated heterocycles. The first kappa shape index (κ1) is 12.3. The molecule has 1 rings (SSSR count). The van der Waals surface area contributed by atoms with Crippen LogP contribution in [0.2, 0.25) is 10.0 Å². The number of halogens is 2. The Morgan fingerprint density at radius 1 is 1.33 bits per heavy atom. The van der Waals surface area contributed by atoms with Gasteiger partial charge >= 0.3 is 0 Å². The van der Waals surface area contributed by atoms with E-state index >= 15 is 0 Å². The minimum atomic E-state index is -1.20. The Morgan fingerprint density at radius 2 is 2.00 bits per heavy atom. The first-order valence-corrected chi connectivity index (χ1v) is 5.00. The molecule has 0 radical (unpaired) electrons. The largest absolute Gasteiger partial charge is 0.389 e. The first-order chi connectivity index (χ1) is 7.07. The average molecular weight is 246 g/mol. The predicted molar refractivity (Wildman–Crippen MR) is 57.7 cm³/mol. The van der Waals surface area contributed by atoms with Gasteiger partial charge in [0.2, 0.25) is 0 Å². The van der Waals surface area contributed by atoms with E-state index in [1.54, 1.807) is 24.3 Å². The maximum Gasteiger partial charge on any atom is 0.107 e. The molecular formula is C10H9Cl2NO2. The van der Waals surface area contributed by atoms with Crippen molar-refractivity contribution in [3.05, 3.63) is 33.8 Å². The van der Waals surface area contributed by atoms with Crippen LogP contribution in [0.1, 0.15) is 18.1 Å². The Kier molecular flexibility index (Phi) is 4.37. The minimum Gasteiger partial charge on any atom is -0.389 e. The van der Waals surface area contributed by atoms with E-state index in [2.05, 4.69) is 0 Å². The molecule has 0 aliphatic heterocycles. The second kappa shape index (κ2) is 5.34. The number of rotatable bonds is 3. The number of hydrogen-bond acceptors (Lipinski definition) is 3. The molecule has 0 heterocycles. The van der Waals surface area contributed by atoms with Crippen molar-refractivity contribution in [3.8, 4) is 6.07 Å². The van der Waals surface area contributed by atoms with Crippen molar-refractivity contribution in [1.29, 1.82) is 5.26 Å². The highest BCUT2D eigenvalue weighted by Crippen LogP contribution is 2.31. The highest BCUT2D eigenvalue weighted by atomic mass is 35.5. The van der Waals surface area contributed by atoms with Crippen molar-refractivity contribution in [2.75, 3.05) is 0 Å². The number of aliphatic hydroxyl groups is 2. The third-order valence-corrected chi connectivity index (χ3v) is 2.80. The molecule has 0 aliphatic carbocycles. The number of aliphatic hydroxyl groups excluding tert-OH is 2. The van der Waals surface area contributed by atoms with Crippen LogP contribution in [0.25, 0.3) is 0 Å². The topological polar surface area (TPSA) is 64.2 Å². The molecule has 3 nitrogen and oxygen atoms in total. The molecule has 0 amide bonds. The summed E-state index contributed by atoms with van der Waals surface area (Å²) < 4.78 is 0. The van der Waals surface area contributed by atoms with E-state index in [1.807, 2.05) is 0 Å². The van der Waals surface area contributed by atoms with E-state index in [0.29, 0.717) is 10.6 Å². The standard InChI is InChI=1S/C10H9Cl2NO2/c11-7-3-1-2-6(9(7)12)10(15)8(14)4-5-13/h1-3,8,10,14-15H,4H2. The summed E-state index contributed by atoms with van der Waals surface area (Å²) in [7, 11) is 0. The van der Waals surface area contributed by atoms with Crippen molar-refractivity contribution in [1.82, 2.24) is 0 Å². The first-order valence-electron chi connectivity index (χ1n) is 4.25. The third-order valence-electron chi connectivity index (χ3n) is 1.96. The van der Waals surface area contributed by atoms with Gasteiger partial charge in [0, 0.05) is 5.56 Å². The highest BCUT2D eigenvalue weighted by molar-refractivity contribution is 6.42. The Balaban J connectivity index is 2.96. The van der Waals surface area contributed by atoms with Crippen LogP contribution < -0.4 is 0 Å². The van der Waals surface area contributed by atoms with Crippen molar-refractivity contribution in [3.63, 3.8) is 0 Å². The number of nitriles is 1. The SMILES string of the molecule is N#CCC(O)C(O)c1cccc(Cl)c1Cl. The molecule has 1 aromatic carbocycles. The van der Waals surface area contributed by atoms with Gasteiger partial charge in [-0.3, -0.25) is 0 Å². The lowest BCUT2D eigenvalue weighted by molar-refractivity contribution is 0.0217. The molecule has 2 unspecified atom stereocenters. The van der Waals surface area contributed by atoms with E-state index in [-0.39, 0.29) is 11.4 Å². The Hall–Kier alpha value is -0.790. The number of benzene rings is 1. The predicted octanol–water partition coefficient (Wildman–Crippen LogP) is 2.30. The van der Waals surface area contributed by atoms with Gasteiger partial charge in [0.1, 0.15) is 6.10 Å². The molecule has 0 fully saturated rings. The lowest BCUT2D eigenvalue weighted by Crippen LogP contribution is -2.17. The molecule has 2 N–H and O–H groups in total.